The van der Waals surface area contributed by atoms with Crippen LogP contribution in [0.1, 0.15) is 32.3 Å². The fourth-order valence-corrected chi connectivity index (χ4v) is 1.69. The first-order valence-corrected chi connectivity index (χ1v) is 6.58. The molecule has 0 saturated heterocycles. The molecule has 1 aromatic rings. The van der Waals surface area contributed by atoms with Crippen molar-refractivity contribution < 1.29 is 19.0 Å². The lowest BCUT2D eigenvalue weighted by atomic mass is 9.90. The van der Waals surface area contributed by atoms with Crippen molar-refractivity contribution in [2.45, 2.75) is 26.7 Å². The van der Waals surface area contributed by atoms with Gasteiger partial charge in [0.15, 0.2) is 0 Å². The molecule has 0 aliphatic carbocycles. The van der Waals surface area contributed by atoms with Gasteiger partial charge in [-0.15, -0.1) is 0 Å². The van der Waals surface area contributed by atoms with Crippen LogP contribution in [0.3, 0.4) is 0 Å². The summed E-state index contributed by atoms with van der Waals surface area (Å²) < 4.78 is 18.8. The fourth-order valence-electron chi connectivity index (χ4n) is 1.69. The number of benzene rings is 1. The summed E-state index contributed by atoms with van der Waals surface area (Å²) in [6.45, 7) is 4.07. The molecule has 112 valence electrons. The van der Waals surface area contributed by atoms with Crippen molar-refractivity contribution in [1.82, 2.24) is 0 Å². The van der Waals surface area contributed by atoms with Gasteiger partial charge < -0.3 is 9.84 Å². The molecule has 21 heavy (non-hydrogen) atoms. The van der Waals surface area contributed by atoms with Crippen LogP contribution in [0, 0.1) is 22.6 Å². The molecule has 0 radical (unpaired) electrons. The van der Waals surface area contributed by atoms with Gasteiger partial charge in [0, 0.05) is 12.1 Å². The van der Waals surface area contributed by atoms with Crippen molar-refractivity contribution in [2.24, 2.45) is 5.41 Å². The summed E-state index contributed by atoms with van der Waals surface area (Å²) >= 11 is 0. The molecule has 1 N–H and O–H groups in total. The quantitative estimate of drug-likeness (QED) is 0.615. The van der Waals surface area contributed by atoms with Crippen molar-refractivity contribution in [1.29, 1.82) is 5.26 Å². The molecule has 4 nitrogen and oxygen atoms in total. The summed E-state index contributed by atoms with van der Waals surface area (Å²) in [6.07, 6.45) is 3.60. The van der Waals surface area contributed by atoms with Gasteiger partial charge in [0.1, 0.15) is 11.6 Å². The first-order chi connectivity index (χ1) is 9.82. The zero-order valence-electron chi connectivity index (χ0n) is 12.1. The summed E-state index contributed by atoms with van der Waals surface area (Å²) in [5.74, 6) is -1.25. The van der Waals surface area contributed by atoms with Gasteiger partial charge in [-0.05, 0) is 50.5 Å². The van der Waals surface area contributed by atoms with Crippen LogP contribution >= 0.6 is 0 Å². The van der Waals surface area contributed by atoms with Crippen molar-refractivity contribution >= 4 is 12.0 Å². The van der Waals surface area contributed by atoms with Gasteiger partial charge in [0.2, 0.25) is 0 Å². The minimum Gasteiger partial charge on any atom is -0.493 e. The number of hydrogen-bond donors (Lipinski definition) is 1. The summed E-state index contributed by atoms with van der Waals surface area (Å²) in [5, 5.41) is 17.4. The average molecular weight is 291 g/mol. The third-order valence-electron chi connectivity index (χ3n) is 2.83. The van der Waals surface area contributed by atoms with E-state index in [1.807, 2.05) is 13.8 Å². The lowest BCUT2D eigenvalue weighted by molar-refractivity contribution is -0.131. The largest absolute Gasteiger partial charge is 0.493 e. The van der Waals surface area contributed by atoms with E-state index in [2.05, 4.69) is 6.07 Å². The molecule has 0 atom stereocenters. The third kappa shape index (κ3) is 6.57. The first-order valence-electron chi connectivity index (χ1n) is 6.58. The molecule has 1 rings (SSSR count). The molecule has 0 fully saturated rings. The van der Waals surface area contributed by atoms with E-state index >= 15 is 0 Å². The SMILES string of the molecule is CC(C)(C#N)CCCOc1cc(F)cc(/C=C/C(=O)O)c1. The molecule has 0 aliphatic rings. The number of carboxylic acids is 1. The summed E-state index contributed by atoms with van der Waals surface area (Å²) in [5.41, 5.74) is 0.0190. The number of nitriles is 1. The summed E-state index contributed by atoms with van der Waals surface area (Å²) in [6, 6.07) is 6.24. The van der Waals surface area contributed by atoms with Crippen LogP contribution in [-0.4, -0.2) is 17.7 Å². The molecule has 0 unspecified atom stereocenters. The van der Waals surface area contributed by atoms with E-state index in [0.717, 1.165) is 6.08 Å². The van der Waals surface area contributed by atoms with Gasteiger partial charge in [-0.3, -0.25) is 0 Å². The molecule has 0 spiro atoms. The number of halogens is 1. The average Bonchev–Trinajstić information content (AvgIpc) is 2.41. The van der Waals surface area contributed by atoms with Gasteiger partial charge in [-0.2, -0.15) is 5.26 Å². The third-order valence-corrected chi connectivity index (χ3v) is 2.83. The Morgan fingerprint density at radius 2 is 2.19 bits per heavy atom. The van der Waals surface area contributed by atoms with Gasteiger partial charge in [-0.1, -0.05) is 0 Å². The standard InChI is InChI=1S/C16H18FNO3/c1-16(2,11-18)6-3-7-21-14-9-12(4-5-15(19)20)8-13(17)10-14/h4-5,8-10H,3,6-7H2,1-2H3,(H,19,20)/b5-4+. The van der Waals surface area contributed by atoms with E-state index in [-0.39, 0.29) is 0 Å². The Morgan fingerprint density at radius 3 is 2.81 bits per heavy atom. The van der Waals surface area contributed by atoms with Crippen LogP contribution in [0.25, 0.3) is 6.08 Å². The van der Waals surface area contributed by atoms with Crippen LogP contribution in [0.4, 0.5) is 4.39 Å². The highest BCUT2D eigenvalue weighted by atomic mass is 19.1. The number of nitrogens with zero attached hydrogens (tertiary/aromatic N) is 1. The molecular formula is C16H18FNO3. The maximum absolute atomic E-state index is 13.4. The lowest BCUT2D eigenvalue weighted by Crippen LogP contribution is -2.10. The van der Waals surface area contributed by atoms with E-state index < -0.39 is 17.2 Å². The predicted molar refractivity (Wildman–Crippen MR) is 77.2 cm³/mol. The van der Waals surface area contributed by atoms with E-state index in [9.17, 15) is 9.18 Å². The van der Waals surface area contributed by atoms with Crippen LogP contribution in [0.5, 0.6) is 5.75 Å². The maximum atomic E-state index is 13.4. The Kier molecular flexibility index (Phi) is 5.92. The molecule has 0 bridgehead atoms. The molecule has 5 heteroatoms. The van der Waals surface area contributed by atoms with Gasteiger partial charge in [0.25, 0.3) is 0 Å². The molecule has 0 amide bonds. The topological polar surface area (TPSA) is 70.3 Å². The molecule has 0 heterocycles. The zero-order chi connectivity index (χ0) is 15.9. The van der Waals surface area contributed by atoms with Gasteiger partial charge in [-0.25, -0.2) is 9.18 Å². The lowest BCUT2D eigenvalue weighted by Gasteiger charge is -2.14. The van der Waals surface area contributed by atoms with Crippen molar-refractivity contribution in [3.05, 3.63) is 35.7 Å². The number of ether oxygens (including phenoxy) is 1. The number of rotatable bonds is 7. The highest BCUT2D eigenvalue weighted by Crippen LogP contribution is 2.22. The van der Waals surface area contributed by atoms with Gasteiger partial charge in [0.05, 0.1) is 18.1 Å². The summed E-state index contributed by atoms with van der Waals surface area (Å²) in [7, 11) is 0. The first kappa shape index (κ1) is 16.7. The van der Waals surface area contributed by atoms with E-state index in [4.69, 9.17) is 15.1 Å². The second-order valence-corrected chi connectivity index (χ2v) is 5.34. The normalized spacial score (nSPS) is 11.3. The highest BCUT2D eigenvalue weighted by molar-refractivity contribution is 5.85. The van der Waals surface area contributed by atoms with E-state index in [0.29, 0.717) is 30.8 Å². The summed E-state index contributed by atoms with van der Waals surface area (Å²) in [4.78, 5) is 10.4. The minimum atomic E-state index is -1.10. The second-order valence-electron chi connectivity index (χ2n) is 5.34. The fraction of sp³-hybridized carbons (Fsp3) is 0.375. The molecule has 1 aromatic carbocycles. The number of hydrogen-bond acceptors (Lipinski definition) is 3. The predicted octanol–water partition coefficient (Wildman–Crippen LogP) is 3.63. The van der Waals surface area contributed by atoms with E-state index in [1.165, 1.54) is 18.2 Å². The van der Waals surface area contributed by atoms with Gasteiger partial charge >= 0.3 is 5.97 Å². The second kappa shape index (κ2) is 7.44. The smallest absolute Gasteiger partial charge is 0.328 e. The van der Waals surface area contributed by atoms with Crippen molar-refractivity contribution in [3.8, 4) is 11.8 Å². The molecule has 0 aromatic heterocycles. The Hall–Kier alpha value is -2.35. The Balaban J connectivity index is 2.60. The maximum Gasteiger partial charge on any atom is 0.328 e. The monoisotopic (exact) mass is 291 g/mol. The Morgan fingerprint density at radius 1 is 1.48 bits per heavy atom. The molecule has 0 aliphatic heterocycles. The van der Waals surface area contributed by atoms with Crippen LogP contribution in [0.2, 0.25) is 0 Å². The Bertz CT molecular complexity index is 573. The number of carbonyl (C=O) groups is 1. The van der Waals surface area contributed by atoms with Crippen LogP contribution in [0.15, 0.2) is 24.3 Å². The highest BCUT2D eigenvalue weighted by Gasteiger charge is 2.15. The minimum absolute atomic E-state index is 0.342. The molecule has 0 saturated carbocycles. The Labute approximate surface area is 123 Å². The van der Waals surface area contributed by atoms with Crippen LogP contribution < -0.4 is 4.74 Å². The van der Waals surface area contributed by atoms with Crippen molar-refractivity contribution in [2.75, 3.05) is 6.61 Å². The van der Waals surface area contributed by atoms with Crippen molar-refractivity contribution in [3.63, 3.8) is 0 Å². The zero-order valence-corrected chi connectivity index (χ0v) is 12.1. The number of aliphatic carboxylic acids is 1. The van der Waals surface area contributed by atoms with Crippen LogP contribution in [-0.2, 0) is 4.79 Å². The number of carboxylic acid groups (broad SMARTS) is 1. The van der Waals surface area contributed by atoms with E-state index in [1.54, 1.807) is 6.07 Å². The molecular weight excluding hydrogens is 273 g/mol.